The highest BCUT2D eigenvalue weighted by molar-refractivity contribution is 6.12. The van der Waals surface area contributed by atoms with Crippen molar-refractivity contribution in [3.8, 4) is 5.75 Å². The lowest BCUT2D eigenvalue weighted by Gasteiger charge is -2.11. The fourth-order valence-corrected chi connectivity index (χ4v) is 2.78. The molecule has 1 atom stereocenters. The van der Waals surface area contributed by atoms with Crippen LogP contribution in [0.3, 0.4) is 0 Å². The number of nitrogens with zero attached hydrogens (tertiary/aromatic N) is 1. The SMILES string of the molecule is CCCC(=O)C(C=Nc1ccccc1COC(=O)c1ccc(OC)cc1)C(=O)OCC. The molecule has 164 valence electrons. The van der Waals surface area contributed by atoms with E-state index in [4.69, 9.17) is 14.2 Å². The smallest absolute Gasteiger partial charge is 0.338 e. The fraction of sp³-hybridized carbons (Fsp3) is 0.333. The average molecular weight is 425 g/mol. The van der Waals surface area contributed by atoms with Gasteiger partial charge in [-0.3, -0.25) is 14.6 Å². The molecule has 0 amide bonds. The Morgan fingerprint density at radius 1 is 1.00 bits per heavy atom. The summed E-state index contributed by atoms with van der Waals surface area (Å²) in [7, 11) is 1.55. The van der Waals surface area contributed by atoms with Gasteiger partial charge >= 0.3 is 11.9 Å². The first-order chi connectivity index (χ1) is 15.0. The minimum atomic E-state index is -1.06. The van der Waals surface area contributed by atoms with Crippen LogP contribution in [0.2, 0.25) is 0 Å². The molecule has 0 aliphatic heterocycles. The van der Waals surface area contributed by atoms with E-state index in [1.807, 2.05) is 6.92 Å². The minimum absolute atomic E-state index is 0.00858. The normalized spacial score (nSPS) is 11.7. The Balaban J connectivity index is 2.13. The largest absolute Gasteiger partial charge is 0.497 e. The van der Waals surface area contributed by atoms with Crippen LogP contribution in [0, 0.1) is 5.92 Å². The topological polar surface area (TPSA) is 91.3 Å². The molecule has 0 N–H and O–H groups in total. The number of rotatable bonds is 11. The van der Waals surface area contributed by atoms with E-state index in [1.54, 1.807) is 62.6 Å². The first-order valence-corrected chi connectivity index (χ1v) is 10.1. The van der Waals surface area contributed by atoms with Gasteiger partial charge in [0.1, 0.15) is 12.4 Å². The predicted molar refractivity (Wildman–Crippen MR) is 117 cm³/mol. The van der Waals surface area contributed by atoms with E-state index in [0.717, 1.165) is 0 Å². The minimum Gasteiger partial charge on any atom is -0.497 e. The lowest BCUT2D eigenvalue weighted by atomic mass is 10.0. The number of ketones is 1. The van der Waals surface area contributed by atoms with Crippen LogP contribution in [0.4, 0.5) is 5.69 Å². The van der Waals surface area contributed by atoms with Gasteiger partial charge < -0.3 is 14.2 Å². The molecule has 1 unspecified atom stereocenters. The monoisotopic (exact) mass is 425 g/mol. The number of Topliss-reactive ketones (excluding diaryl/α,β-unsaturated/α-hetero) is 1. The first-order valence-electron chi connectivity index (χ1n) is 10.1. The second kappa shape index (κ2) is 12.3. The Bertz CT molecular complexity index is 902. The van der Waals surface area contributed by atoms with Gasteiger partial charge in [0.15, 0.2) is 11.7 Å². The van der Waals surface area contributed by atoms with Crippen molar-refractivity contribution in [2.24, 2.45) is 10.9 Å². The third-order valence-electron chi connectivity index (χ3n) is 4.42. The zero-order valence-electron chi connectivity index (χ0n) is 18.0. The Kier molecular flexibility index (Phi) is 9.42. The van der Waals surface area contributed by atoms with Crippen molar-refractivity contribution in [3.05, 3.63) is 59.7 Å². The van der Waals surface area contributed by atoms with Crippen LogP contribution in [0.15, 0.2) is 53.5 Å². The van der Waals surface area contributed by atoms with Gasteiger partial charge in [-0.15, -0.1) is 0 Å². The standard InChI is InChI=1S/C24H27NO6/c1-4-8-22(26)20(24(28)30-5-2)15-25-21-10-7-6-9-18(21)16-31-23(27)17-11-13-19(29-3)14-12-17/h6-7,9-15,20H,4-5,8,16H2,1-3H3. The van der Waals surface area contributed by atoms with Crippen LogP contribution < -0.4 is 4.74 Å². The van der Waals surface area contributed by atoms with E-state index in [1.165, 1.54) is 6.21 Å². The molecule has 0 aliphatic rings. The van der Waals surface area contributed by atoms with Gasteiger partial charge in [-0.25, -0.2) is 4.79 Å². The molecule has 2 aromatic rings. The summed E-state index contributed by atoms with van der Waals surface area (Å²) < 4.78 is 15.5. The molecular weight excluding hydrogens is 398 g/mol. The van der Waals surface area contributed by atoms with Crippen LogP contribution in [-0.2, 0) is 25.7 Å². The summed E-state index contributed by atoms with van der Waals surface area (Å²) in [4.78, 5) is 41.1. The quantitative estimate of drug-likeness (QED) is 0.303. The van der Waals surface area contributed by atoms with E-state index < -0.39 is 17.9 Å². The summed E-state index contributed by atoms with van der Waals surface area (Å²) in [6.45, 7) is 3.72. The molecule has 0 saturated carbocycles. The molecule has 0 heterocycles. The maximum absolute atomic E-state index is 12.3. The molecule has 7 nitrogen and oxygen atoms in total. The maximum Gasteiger partial charge on any atom is 0.338 e. The summed E-state index contributed by atoms with van der Waals surface area (Å²) in [5.74, 6) is -1.76. The summed E-state index contributed by atoms with van der Waals surface area (Å²) >= 11 is 0. The molecule has 0 aliphatic carbocycles. The van der Waals surface area contributed by atoms with Crippen LogP contribution in [0.5, 0.6) is 5.75 Å². The third kappa shape index (κ3) is 7.06. The molecule has 0 spiro atoms. The number of hydrogen-bond donors (Lipinski definition) is 0. The molecule has 2 rings (SSSR count). The zero-order valence-corrected chi connectivity index (χ0v) is 18.0. The number of carbonyl (C=O) groups is 3. The lowest BCUT2D eigenvalue weighted by molar-refractivity contribution is -0.148. The molecule has 0 radical (unpaired) electrons. The molecule has 2 aromatic carbocycles. The molecule has 0 fully saturated rings. The van der Waals surface area contributed by atoms with Gasteiger partial charge in [0.05, 0.1) is 25.0 Å². The van der Waals surface area contributed by atoms with Crippen molar-refractivity contribution in [1.82, 2.24) is 0 Å². The van der Waals surface area contributed by atoms with Crippen molar-refractivity contribution >= 4 is 29.6 Å². The first kappa shape index (κ1) is 23.8. The molecule has 7 heteroatoms. The van der Waals surface area contributed by atoms with Crippen LogP contribution >= 0.6 is 0 Å². The van der Waals surface area contributed by atoms with Gasteiger partial charge in [0.2, 0.25) is 0 Å². The zero-order chi connectivity index (χ0) is 22.6. The van der Waals surface area contributed by atoms with Gasteiger partial charge in [0.25, 0.3) is 0 Å². The molecule has 0 bridgehead atoms. The molecular formula is C24H27NO6. The van der Waals surface area contributed by atoms with E-state index in [2.05, 4.69) is 4.99 Å². The number of benzene rings is 2. The van der Waals surface area contributed by atoms with Gasteiger partial charge in [-0.2, -0.15) is 0 Å². The van der Waals surface area contributed by atoms with Crippen LogP contribution in [0.25, 0.3) is 0 Å². The number of aliphatic imine (C=N–C) groups is 1. The van der Waals surface area contributed by atoms with E-state index in [0.29, 0.717) is 29.0 Å². The van der Waals surface area contributed by atoms with Crippen molar-refractivity contribution in [3.63, 3.8) is 0 Å². The highest BCUT2D eigenvalue weighted by atomic mass is 16.5. The number of ether oxygens (including phenoxy) is 3. The Hall–Kier alpha value is -3.48. The molecule has 0 saturated heterocycles. The van der Waals surface area contributed by atoms with Crippen LogP contribution in [-0.4, -0.2) is 37.7 Å². The lowest BCUT2D eigenvalue weighted by Crippen LogP contribution is -2.27. The number of methoxy groups -OCH3 is 1. The van der Waals surface area contributed by atoms with E-state index in [-0.39, 0.29) is 25.4 Å². The summed E-state index contributed by atoms with van der Waals surface area (Å²) in [5, 5.41) is 0. The highest BCUT2D eigenvalue weighted by Crippen LogP contribution is 2.21. The Morgan fingerprint density at radius 3 is 2.35 bits per heavy atom. The predicted octanol–water partition coefficient (Wildman–Crippen LogP) is 4.30. The van der Waals surface area contributed by atoms with Gasteiger partial charge in [0, 0.05) is 18.2 Å². The van der Waals surface area contributed by atoms with Crippen molar-refractivity contribution in [2.75, 3.05) is 13.7 Å². The number of carbonyl (C=O) groups excluding carboxylic acids is 3. The van der Waals surface area contributed by atoms with Crippen LogP contribution in [0.1, 0.15) is 42.6 Å². The van der Waals surface area contributed by atoms with Gasteiger partial charge in [-0.05, 0) is 43.7 Å². The summed E-state index contributed by atoms with van der Waals surface area (Å²) in [6.07, 6.45) is 2.19. The average Bonchev–Trinajstić information content (AvgIpc) is 2.78. The Morgan fingerprint density at radius 2 is 1.71 bits per heavy atom. The van der Waals surface area contributed by atoms with Gasteiger partial charge in [-0.1, -0.05) is 25.1 Å². The third-order valence-corrected chi connectivity index (χ3v) is 4.42. The highest BCUT2D eigenvalue weighted by Gasteiger charge is 2.25. The van der Waals surface area contributed by atoms with Crippen molar-refractivity contribution in [2.45, 2.75) is 33.3 Å². The van der Waals surface area contributed by atoms with E-state index >= 15 is 0 Å². The molecule has 31 heavy (non-hydrogen) atoms. The number of para-hydroxylation sites is 1. The Labute approximate surface area is 182 Å². The van der Waals surface area contributed by atoms with E-state index in [9.17, 15) is 14.4 Å². The number of hydrogen-bond acceptors (Lipinski definition) is 7. The van der Waals surface area contributed by atoms with Crippen molar-refractivity contribution in [1.29, 1.82) is 0 Å². The fourth-order valence-electron chi connectivity index (χ4n) is 2.78. The summed E-state index contributed by atoms with van der Waals surface area (Å²) in [5.41, 5.74) is 1.55. The second-order valence-corrected chi connectivity index (χ2v) is 6.66. The second-order valence-electron chi connectivity index (χ2n) is 6.66. The van der Waals surface area contributed by atoms with Crippen molar-refractivity contribution < 1.29 is 28.6 Å². The number of esters is 2. The summed E-state index contributed by atoms with van der Waals surface area (Å²) in [6, 6.07) is 13.6. The maximum atomic E-state index is 12.3. The molecule has 0 aromatic heterocycles.